The molecular weight excluding hydrogens is 418 g/mol. The van der Waals surface area contributed by atoms with E-state index in [2.05, 4.69) is 0 Å². The molecule has 3 aliphatic carbocycles. The number of carbonyl (C=O) groups excluding carboxylic acids is 3. The molecule has 0 aliphatic heterocycles. The van der Waals surface area contributed by atoms with Gasteiger partial charge in [0.2, 0.25) is 5.78 Å². The van der Waals surface area contributed by atoms with E-state index in [1.165, 1.54) is 25.1 Å². The highest BCUT2D eigenvalue weighted by Gasteiger charge is 2.67. The first kappa shape index (κ1) is 22.2. The van der Waals surface area contributed by atoms with Gasteiger partial charge in [0.1, 0.15) is 22.8 Å². The first-order chi connectivity index (χ1) is 14.9. The third-order valence-electron chi connectivity index (χ3n) is 7.10. The Labute approximate surface area is 183 Å². The molecule has 32 heavy (non-hydrogen) atoms. The SMILES string of the molecule is CC(=O)C1=C(O)[C@@H](N(C)C)[C@@H]2[C@@H](O)[C@H]3C(=C(O)[C@]2(O)C1=O)C(=O)c1c(O)cccc1[C@@H]3C. The van der Waals surface area contributed by atoms with E-state index in [4.69, 9.17) is 0 Å². The Kier molecular flexibility index (Phi) is 4.85. The fourth-order valence-corrected chi connectivity index (χ4v) is 5.68. The molecule has 0 fully saturated rings. The number of benzene rings is 1. The van der Waals surface area contributed by atoms with E-state index in [0.29, 0.717) is 5.56 Å². The van der Waals surface area contributed by atoms with Crippen LogP contribution in [0.3, 0.4) is 0 Å². The maximum atomic E-state index is 13.3. The molecule has 5 N–H and O–H groups in total. The van der Waals surface area contributed by atoms with Gasteiger partial charge in [-0.3, -0.25) is 19.3 Å². The number of aliphatic hydroxyl groups excluding tert-OH is 3. The monoisotopic (exact) mass is 443 g/mol. The van der Waals surface area contributed by atoms with Gasteiger partial charge < -0.3 is 25.5 Å². The Hall–Kier alpha value is -3.01. The maximum absolute atomic E-state index is 13.3. The molecule has 0 aromatic heterocycles. The largest absolute Gasteiger partial charge is 0.510 e. The van der Waals surface area contributed by atoms with E-state index in [-0.39, 0.29) is 16.9 Å². The van der Waals surface area contributed by atoms with Crippen molar-refractivity contribution in [3.8, 4) is 5.75 Å². The fourth-order valence-electron chi connectivity index (χ4n) is 5.68. The molecule has 0 heterocycles. The van der Waals surface area contributed by atoms with E-state index in [9.17, 15) is 39.9 Å². The number of nitrogens with zero attached hydrogens (tertiary/aromatic N) is 1. The summed E-state index contributed by atoms with van der Waals surface area (Å²) in [6.07, 6.45) is -1.55. The lowest BCUT2D eigenvalue weighted by atomic mass is 9.55. The molecule has 6 atom stereocenters. The Balaban J connectivity index is 2.06. The van der Waals surface area contributed by atoms with Crippen molar-refractivity contribution in [2.75, 3.05) is 14.1 Å². The second-order valence-electron chi connectivity index (χ2n) is 8.98. The van der Waals surface area contributed by atoms with Crippen molar-refractivity contribution in [2.24, 2.45) is 11.8 Å². The number of phenols is 1. The van der Waals surface area contributed by atoms with Crippen molar-refractivity contribution in [2.45, 2.75) is 37.5 Å². The Bertz CT molecular complexity index is 1130. The average molecular weight is 443 g/mol. The number of aliphatic hydroxyl groups is 4. The third kappa shape index (κ3) is 2.52. The first-order valence-electron chi connectivity index (χ1n) is 10.2. The quantitative estimate of drug-likeness (QED) is 0.416. The Morgan fingerprint density at radius 1 is 1.12 bits per heavy atom. The molecule has 170 valence electrons. The maximum Gasteiger partial charge on any atom is 0.209 e. The van der Waals surface area contributed by atoms with Crippen molar-refractivity contribution in [3.05, 3.63) is 52.0 Å². The van der Waals surface area contributed by atoms with Crippen molar-refractivity contribution in [3.63, 3.8) is 0 Å². The Morgan fingerprint density at radius 3 is 2.31 bits per heavy atom. The van der Waals surface area contributed by atoms with Crippen LogP contribution in [0.25, 0.3) is 0 Å². The number of Topliss-reactive ketones (excluding diaryl/α,β-unsaturated/α-hetero) is 3. The van der Waals surface area contributed by atoms with Crippen LogP contribution in [0.4, 0.5) is 0 Å². The molecule has 0 saturated carbocycles. The summed E-state index contributed by atoms with van der Waals surface area (Å²) in [5, 5.41) is 55.3. The van der Waals surface area contributed by atoms with Gasteiger partial charge in [0, 0.05) is 11.5 Å². The standard InChI is InChI=1S/C23H25NO8/c1-8-10-6-5-7-11(26)14(10)18(27)15-12(8)19(28)16-17(24(3)4)20(29)13(9(2)25)21(30)23(16,32)22(15)31/h5-8,12,16-17,19,26,28-29,31-32H,1-4H3/t8-,12+,16+,17-,19-,23+/m0/s1. The zero-order valence-electron chi connectivity index (χ0n) is 18.0. The van der Waals surface area contributed by atoms with Crippen LogP contribution in [-0.4, -0.2) is 79.6 Å². The molecule has 3 aliphatic rings. The number of carbonyl (C=O) groups is 3. The zero-order valence-corrected chi connectivity index (χ0v) is 18.0. The van der Waals surface area contributed by atoms with Gasteiger partial charge in [0.15, 0.2) is 17.2 Å². The number of hydrogen-bond acceptors (Lipinski definition) is 9. The predicted octanol–water partition coefficient (Wildman–Crippen LogP) is 0.756. The van der Waals surface area contributed by atoms with Crippen LogP contribution in [0.15, 0.2) is 40.9 Å². The summed E-state index contributed by atoms with van der Waals surface area (Å²) in [6, 6.07) is 3.29. The van der Waals surface area contributed by atoms with Crippen molar-refractivity contribution >= 4 is 17.3 Å². The van der Waals surface area contributed by atoms with Crippen molar-refractivity contribution in [1.82, 2.24) is 4.90 Å². The lowest BCUT2D eigenvalue weighted by Crippen LogP contribution is -2.68. The van der Waals surface area contributed by atoms with Gasteiger partial charge in [-0.15, -0.1) is 0 Å². The normalized spacial score (nSPS) is 34.4. The van der Waals surface area contributed by atoms with E-state index in [1.54, 1.807) is 19.1 Å². The molecule has 0 saturated heterocycles. The van der Waals surface area contributed by atoms with Gasteiger partial charge in [-0.05, 0) is 38.6 Å². The highest BCUT2D eigenvalue weighted by atomic mass is 16.4. The molecule has 4 rings (SSSR count). The van der Waals surface area contributed by atoms with Crippen LogP contribution in [0.1, 0.15) is 35.7 Å². The predicted molar refractivity (Wildman–Crippen MR) is 111 cm³/mol. The number of phenolic OH excluding ortho intramolecular Hbond substituents is 1. The van der Waals surface area contributed by atoms with Gasteiger partial charge in [0.25, 0.3) is 0 Å². The van der Waals surface area contributed by atoms with Gasteiger partial charge in [0.05, 0.1) is 23.6 Å². The third-order valence-corrected chi connectivity index (χ3v) is 7.10. The van der Waals surface area contributed by atoms with Crippen molar-refractivity contribution < 1.29 is 39.9 Å². The number of aromatic hydroxyl groups is 1. The topological polar surface area (TPSA) is 156 Å². The van der Waals surface area contributed by atoms with Gasteiger partial charge in [-0.2, -0.15) is 0 Å². The van der Waals surface area contributed by atoms with Crippen LogP contribution >= 0.6 is 0 Å². The summed E-state index contributed by atoms with van der Waals surface area (Å²) >= 11 is 0. The number of ketones is 3. The molecule has 1 aromatic carbocycles. The molecule has 0 radical (unpaired) electrons. The minimum atomic E-state index is -2.81. The van der Waals surface area contributed by atoms with E-state index >= 15 is 0 Å². The lowest BCUT2D eigenvalue weighted by Gasteiger charge is -2.53. The molecule has 0 bridgehead atoms. The number of hydrogen-bond donors (Lipinski definition) is 5. The van der Waals surface area contributed by atoms with E-state index in [0.717, 1.165) is 6.92 Å². The minimum Gasteiger partial charge on any atom is -0.510 e. The van der Waals surface area contributed by atoms with Crippen LogP contribution in [0, 0.1) is 11.8 Å². The van der Waals surface area contributed by atoms with Crippen LogP contribution in [0.2, 0.25) is 0 Å². The van der Waals surface area contributed by atoms with Crippen LogP contribution in [0.5, 0.6) is 5.75 Å². The highest BCUT2D eigenvalue weighted by molar-refractivity contribution is 6.25. The summed E-state index contributed by atoms with van der Waals surface area (Å²) in [6.45, 7) is 2.73. The van der Waals surface area contributed by atoms with Crippen LogP contribution in [-0.2, 0) is 9.59 Å². The van der Waals surface area contributed by atoms with Gasteiger partial charge >= 0.3 is 0 Å². The van der Waals surface area contributed by atoms with Gasteiger partial charge in [-0.1, -0.05) is 19.1 Å². The lowest BCUT2D eigenvalue weighted by molar-refractivity contribution is -0.162. The molecule has 1 aromatic rings. The summed E-state index contributed by atoms with van der Waals surface area (Å²) in [5.41, 5.74) is -3.52. The van der Waals surface area contributed by atoms with E-state index in [1.807, 2.05) is 0 Å². The smallest absolute Gasteiger partial charge is 0.209 e. The molecule has 0 amide bonds. The molecule has 0 unspecified atom stereocenters. The number of likely N-dealkylation sites (N-methyl/N-ethyl adjacent to an activating group) is 1. The molecule has 9 nitrogen and oxygen atoms in total. The first-order valence-corrected chi connectivity index (χ1v) is 10.2. The van der Waals surface area contributed by atoms with Gasteiger partial charge in [-0.25, -0.2) is 0 Å². The second-order valence-corrected chi connectivity index (χ2v) is 8.98. The number of fused-ring (bicyclic) bond motifs is 3. The second kappa shape index (κ2) is 6.99. The number of rotatable bonds is 2. The molecule has 0 spiro atoms. The summed E-state index contributed by atoms with van der Waals surface area (Å²) < 4.78 is 0. The summed E-state index contributed by atoms with van der Waals surface area (Å²) in [4.78, 5) is 40.2. The summed E-state index contributed by atoms with van der Waals surface area (Å²) in [7, 11) is 3.06. The molecule has 9 heteroatoms. The zero-order chi connectivity index (χ0) is 23.9. The highest BCUT2D eigenvalue weighted by Crippen LogP contribution is 2.55. The van der Waals surface area contributed by atoms with E-state index < -0.39 is 69.9 Å². The molecular formula is C23H25NO8. The van der Waals surface area contributed by atoms with Crippen molar-refractivity contribution in [1.29, 1.82) is 0 Å². The fraction of sp³-hybridized carbons (Fsp3) is 0.435. The summed E-state index contributed by atoms with van der Waals surface area (Å²) in [5.74, 6) is -7.89. The Morgan fingerprint density at radius 2 is 1.75 bits per heavy atom. The van der Waals surface area contributed by atoms with Crippen LogP contribution < -0.4 is 0 Å². The minimum absolute atomic E-state index is 0.0790. The average Bonchev–Trinajstić information content (AvgIpc) is 2.70.